The molecule has 1 aliphatic rings. The lowest BCUT2D eigenvalue weighted by molar-refractivity contribution is 0.0777. The van der Waals surface area contributed by atoms with Crippen molar-refractivity contribution in [3.63, 3.8) is 0 Å². The molecule has 0 saturated carbocycles. The van der Waals surface area contributed by atoms with E-state index in [1.165, 1.54) is 0 Å². The highest BCUT2D eigenvalue weighted by atomic mass is 16.2. The number of H-pyrrole nitrogens is 2. The molecule has 1 fully saturated rings. The molecule has 3 N–H and O–H groups in total. The molecule has 1 unspecified atom stereocenters. The number of amides is 2. The zero-order valence-electron chi connectivity index (χ0n) is 21.3. The zero-order chi connectivity index (χ0) is 27.1. The van der Waals surface area contributed by atoms with Crippen molar-refractivity contribution in [3.8, 4) is 23.0 Å². The second-order valence-electron chi connectivity index (χ2n) is 9.73. The van der Waals surface area contributed by atoms with E-state index in [0.29, 0.717) is 53.9 Å². The molecule has 10 nitrogen and oxygen atoms in total. The zero-order valence-corrected chi connectivity index (χ0v) is 21.3. The Morgan fingerprint density at radius 2 is 1.27 bits per heavy atom. The van der Waals surface area contributed by atoms with E-state index in [0.717, 1.165) is 22.1 Å². The number of nitrogens with one attached hydrogen (secondary N) is 3. The van der Waals surface area contributed by atoms with Gasteiger partial charge in [0.1, 0.15) is 22.8 Å². The van der Waals surface area contributed by atoms with Crippen LogP contribution >= 0.6 is 0 Å². The molecular weight excluding hydrogens is 504 g/mol. The summed E-state index contributed by atoms with van der Waals surface area (Å²) in [6.07, 6.45) is 0.643. The minimum Gasteiger partial charge on any atom is -0.346 e. The molecule has 196 valence electrons. The van der Waals surface area contributed by atoms with Gasteiger partial charge in [-0.3, -0.25) is 9.59 Å². The average Bonchev–Trinajstić information content (AvgIpc) is 3.75. The summed E-state index contributed by atoms with van der Waals surface area (Å²) in [5, 5.41) is 3.03. The maximum Gasteiger partial charge on any atom is 0.272 e. The van der Waals surface area contributed by atoms with Crippen LogP contribution in [0.5, 0.6) is 0 Å². The van der Waals surface area contributed by atoms with Crippen LogP contribution in [-0.2, 0) is 0 Å². The number of aromatic nitrogens is 6. The molecule has 0 spiro atoms. The average molecular weight is 529 g/mol. The summed E-state index contributed by atoms with van der Waals surface area (Å²) in [7, 11) is 0. The first-order valence-electron chi connectivity index (χ1n) is 13.1. The van der Waals surface area contributed by atoms with Crippen LogP contribution < -0.4 is 5.32 Å². The summed E-state index contributed by atoms with van der Waals surface area (Å²) < 4.78 is 0. The van der Waals surface area contributed by atoms with Gasteiger partial charge in [-0.1, -0.05) is 36.4 Å². The maximum absolute atomic E-state index is 13.3. The van der Waals surface area contributed by atoms with Gasteiger partial charge in [-0.2, -0.15) is 0 Å². The number of pyridine rings is 2. The van der Waals surface area contributed by atoms with Crippen LogP contribution in [0.3, 0.4) is 0 Å². The first-order chi connectivity index (χ1) is 19.6. The molecule has 1 saturated heterocycles. The molecule has 7 rings (SSSR count). The van der Waals surface area contributed by atoms with E-state index in [1.807, 2.05) is 60.7 Å². The second-order valence-corrected chi connectivity index (χ2v) is 9.73. The number of fused-ring (bicyclic) bond motifs is 2. The Hall–Kier alpha value is -5.38. The standard InChI is InChI=1S/C30H24N8O2/c39-29(25-13-5-11-23(32-25)27-34-19-7-1-2-8-20(19)35-27)31-18-15-16-38(17-18)30(40)26-14-6-12-24(33-26)28-36-21-9-3-4-10-22(21)37-28/h1-14,18H,15-17H2,(H,31,39)(H,34,35)(H,36,37). The van der Waals surface area contributed by atoms with Crippen molar-refractivity contribution in [1.29, 1.82) is 0 Å². The molecular formula is C30H24N8O2. The Labute approximate surface area is 228 Å². The van der Waals surface area contributed by atoms with Gasteiger partial charge in [-0.25, -0.2) is 19.9 Å². The lowest BCUT2D eigenvalue weighted by Crippen LogP contribution is -2.39. The van der Waals surface area contributed by atoms with Crippen LogP contribution in [0.1, 0.15) is 27.4 Å². The number of likely N-dealkylation sites (tertiary alicyclic amines) is 1. The summed E-state index contributed by atoms with van der Waals surface area (Å²) in [5.41, 5.74) is 5.31. The fraction of sp³-hybridized carbons (Fsp3) is 0.133. The first-order valence-corrected chi connectivity index (χ1v) is 13.1. The fourth-order valence-electron chi connectivity index (χ4n) is 5.01. The third-order valence-corrected chi connectivity index (χ3v) is 7.02. The van der Waals surface area contributed by atoms with Crippen molar-refractivity contribution < 1.29 is 9.59 Å². The van der Waals surface area contributed by atoms with Gasteiger partial charge < -0.3 is 20.2 Å². The SMILES string of the molecule is O=C(NC1CCN(C(=O)c2cccc(-c3nc4ccccc4[nH]3)n2)C1)c1cccc(-c2nc3ccccc3[nH]2)n1. The number of nitrogens with zero attached hydrogens (tertiary/aromatic N) is 5. The molecule has 10 heteroatoms. The Morgan fingerprint density at radius 1 is 0.700 bits per heavy atom. The van der Waals surface area contributed by atoms with Gasteiger partial charge in [0.2, 0.25) is 0 Å². The van der Waals surface area contributed by atoms with E-state index in [9.17, 15) is 9.59 Å². The van der Waals surface area contributed by atoms with Gasteiger partial charge >= 0.3 is 0 Å². The highest BCUT2D eigenvalue weighted by Gasteiger charge is 2.29. The first kappa shape index (κ1) is 23.7. The number of aromatic amines is 2. The van der Waals surface area contributed by atoms with Crippen molar-refractivity contribution in [3.05, 3.63) is 96.3 Å². The number of hydrogen-bond acceptors (Lipinski definition) is 6. The minimum absolute atomic E-state index is 0.181. The van der Waals surface area contributed by atoms with Crippen molar-refractivity contribution in [1.82, 2.24) is 40.1 Å². The van der Waals surface area contributed by atoms with Gasteiger partial charge in [0.15, 0.2) is 11.6 Å². The third-order valence-electron chi connectivity index (χ3n) is 7.02. The topological polar surface area (TPSA) is 133 Å². The molecule has 1 aliphatic heterocycles. The van der Waals surface area contributed by atoms with Gasteiger partial charge in [0.05, 0.1) is 22.1 Å². The lowest BCUT2D eigenvalue weighted by Gasteiger charge is -2.17. The van der Waals surface area contributed by atoms with E-state index in [-0.39, 0.29) is 17.9 Å². The molecule has 1 atom stereocenters. The second kappa shape index (κ2) is 9.73. The normalized spacial score (nSPS) is 15.1. The molecule has 2 aromatic carbocycles. The Morgan fingerprint density at radius 3 is 1.90 bits per heavy atom. The number of rotatable bonds is 5. The molecule has 5 heterocycles. The summed E-state index contributed by atoms with van der Waals surface area (Å²) in [5.74, 6) is 0.743. The molecule has 2 amide bonds. The highest BCUT2D eigenvalue weighted by molar-refractivity contribution is 5.94. The Kier molecular flexibility index (Phi) is 5.77. The number of benzene rings is 2. The Bertz CT molecular complexity index is 1830. The van der Waals surface area contributed by atoms with Gasteiger partial charge in [0, 0.05) is 19.1 Å². The molecule has 40 heavy (non-hydrogen) atoms. The molecule has 0 bridgehead atoms. The van der Waals surface area contributed by atoms with E-state index in [2.05, 4.69) is 35.2 Å². The van der Waals surface area contributed by atoms with Crippen molar-refractivity contribution in [2.75, 3.05) is 13.1 Å². The van der Waals surface area contributed by atoms with Crippen LogP contribution in [0.25, 0.3) is 45.1 Å². The highest BCUT2D eigenvalue weighted by Crippen LogP contribution is 2.21. The van der Waals surface area contributed by atoms with Crippen LogP contribution in [-0.4, -0.2) is 65.7 Å². The maximum atomic E-state index is 13.3. The predicted octanol–water partition coefficient (Wildman–Crippen LogP) is 4.21. The van der Waals surface area contributed by atoms with Crippen molar-refractivity contribution in [2.45, 2.75) is 12.5 Å². The van der Waals surface area contributed by atoms with E-state index in [4.69, 9.17) is 0 Å². The van der Waals surface area contributed by atoms with Crippen LogP contribution in [0.2, 0.25) is 0 Å². The van der Waals surface area contributed by atoms with Crippen LogP contribution in [0, 0.1) is 0 Å². The predicted molar refractivity (Wildman–Crippen MR) is 150 cm³/mol. The minimum atomic E-state index is -0.290. The molecule has 4 aromatic heterocycles. The van der Waals surface area contributed by atoms with Crippen LogP contribution in [0.15, 0.2) is 84.9 Å². The molecule has 6 aromatic rings. The van der Waals surface area contributed by atoms with Gasteiger partial charge in [-0.05, 0) is 55.0 Å². The van der Waals surface area contributed by atoms with Gasteiger partial charge in [-0.15, -0.1) is 0 Å². The molecule has 0 aliphatic carbocycles. The Balaban J connectivity index is 1.03. The quantitative estimate of drug-likeness (QED) is 0.307. The molecule has 0 radical (unpaired) electrons. The summed E-state index contributed by atoms with van der Waals surface area (Å²) in [6, 6.07) is 25.9. The van der Waals surface area contributed by atoms with Crippen LogP contribution in [0.4, 0.5) is 0 Å². The summed E-state index contributed by atoms with van der Waals surface area (Å²) in [4.78, 5) is 52.8. The number of carbonyl (C=O) groups is 2. The van der Waals surface area contributed by atoms with E-state index < -0.39 is 0 Å². The van der Waals surface area contributed by atoms with E-state index >= 15 is 0 Å². The number of carbonyl (C=O) groups excluding carboxylic acids is 2. The largest absolute Gasteiger partial charge is 0.346 e. The van der Waals surface area contributed by atoms with Gasteiger partial charge in [0.25, 0.3) is 11.8 Å². The summed E-state index contributed by atoms with van der Waals surface area (Å²) >= 11 is 0. The van der Waals surface area contributed by atoms with Crippen molar-refractivity contribution in [2.24, 2.45) is 0 Å². The van der Waals surface area contributed by atoms with Crippen molar-refractivity contribution >= 4 is 33.9 Å². The monoisotopic (exact) mass is 528 g/mol. The number of para-hydroxylation sites is 4. The summed E-state index contributed by atoms with van der Waals surface area (Å²) in [6.45, 7) is 0.914. The lowest BCUT2D eigenvalue weighted by atomic mass is 10.2. The smallest absolute Gasteiger partial charge is 0.272 e. The number of hydrogen-bond donors (Lipinski definition) is 3. The fourth-order valence-corrected chi connectivity index (χ4v) is 5.01. The third kappa shape index (κ3) is 4.45. The number of imidazole rings is 2. The van der Waals surface area contributed by atoms with E-state index in [1.54, 1.807) is 29.2 Å².